The van der Waals surface area contributed by atoms with Crippen LogP contribution in [0.3, 0.4) is 0 Å². The maximum Gasteiger partial charge on any atom is 0.387 e. The van der Waals surface area contributed by atoms with Crippen molar-refractivity contribution in [2.45, 2.75) is 63.4 Å². The van der Waals surface area contributed by atoms with E-state index >= 15 is 0 Å². The summed E-state index contributed by atoms with van der Waals surface area (Å²) in [5, 5.41) is 0. The number of rotatable bonds is 5. The molecule has 138 valence electrons. The van der Waals surface area contributed by atoms with Crippen molar-refractivity contribution in [2.24, 2.45) is 0 Å². The molecule has 0 bridgehead atoms. The zero-order chi connectivity index (χ0) is 18.1. The molecule has 0 radical (unpaired) electrons. The van der Waals surface area contributed by atoms with Crippen LogP contribution in [0, 0.1) is 0 Å². The Morgan fingerprint density at radius 2 is 1.77 bits per heavy atom. The molecule has 2 aromatic rings. The Hall–Kier alpha value is -2.31. The van der Waals surface area contributed by atoms with E-state index in [2.05, 4.69) is 14.7 Å². The predicted octanol–water partition coefficient (Wildman–Crippen LogP) is 4.65. The van der Waals surface area contributed by atoms with Gasteiger partial charge < -0.3 is 10.5 Å². The number of halogens is 2. The third-order valence-electron chi connectivity index (χ3n) is 5.12. The molecule has 2 aliphatic rings. The number of aromatic nitrogens is 3. The van der Waals surface area contributed by atoms with E-state index in [-0.39, 0.29) is 11.6 Å². The summed E-state index contributed by atoms with van der Waals surface area (Å²) in [6.45, 7) is -2.94. The topological polar surface area (TPSA) is 73.9 Å². The highest BCUT2D eigenvalue weighted by Gasteiger charge is 2.29. The third kappa shape index (κ3) is 3.76. The monoisotopic (exact) mass is 360 g/mol. The van der Waals surface area contributed by atoms with Crippen molar-refractivity contribution in [3.8, 4) is 17.0 Å². The number of nitrogens with two attached hydrogens (primary N) is 1. The van der Waals surface area contributed by atoms with E-state index in [9.17, 15) is 8.78 Å². The fourth-order valence-corrected chi connectivity index (χ4v) is 3.55. The second-order valence-electron chi connectivity index (χ2n) is 7.13. The molecule has 2 fully saturated rings. The van der Waals surface area contributed by atoms with E-state index in [4.69, 9.17) is 10.7 Å². The Morgan fingerprint density at radius 1 is 1.00 bits per heavy atom. The minimum atomic E-state index is -2.94. The summed E-state index contributed by atoms with van der Waals surface area (Å²) in [5.74, 6) is 1.54. The van der Waals surface area contributed by atoms with Gasteiger partial charge in [0.2, 0.25) is 0 Å². The fourth-order valence-electron chi connectivity index (χ4n) is 3.55. The van der Waals surface area contributed by atoms with Gasteiger partial charge in [0.05, 0.1) is 5.69 Å². The van der Waals surface area contributed by atoms with E-state index < -0.39 is 6.61 Å². The van der Waals surface area contributed by atoms with Crippen LogP contribution in [0.2, 0.25) is 0 Å². The zero-order valence-corrected chi connectivity index (χ0v) is 14.5. The molecule has 2 saturated carbocycles. The van der Waals surface area contributed by atoms with Gasteiger partial charge in [0, 0.05) is 29.3 Å². The van der Waals surface area contributed by atoms with Gasteiger partial charge in [-0.05, 0) is 37.8 Å². The molecule has 4 rings (SSSR count). The van der Waals surface area contributed by atoms with Gasteiger partial charge in [-0.1, -0.05) is 19.3 Å². The molecule has 0 aromatic carbocycles. The lowest BCUT2D eigenvalue weighted by atomic mass is 9.86. The Labute approximate surface area is 151 Å². The second-order valence-corrected chi connectivity index (χ2v) is 7.13. The molecular weight excluding hydrogens is 338 g/mol. The van der Waals surface area contributed by atoms with Gasteiger partial charge in [-0.3, -0.25) is 0 Å². The predicted molar refractivity (Wildman–Crippen MR) is 94.1 cm³/mol. The Kier molecular flexibility index (Phi) is 4.70. The highest BCUT2D eigenvalue weighted by molar-refractivity contribution is 5.64. The van der Waals surface area contributed by atoms with E-state index in [1.165, 1.54) is 25.3 Å². The summed E-state index contributed by atoms with van der Waals surface area (Å²) in [4.78, 5) is 13.5. The van der Waals surface area contributed by atoms with Crippen LogP contribution in [0.15, 0.2) is 18.3 Å². The molecule has 0 aliphatic heterocycles. The Balaban J connectivity index is 1.72. The smallest absolute Gasteiger partial charge is 0.387 e. The maximum absolute atomic E-state index is 12.6. The third-order valence-corrected chi connectivity index (χ3v) is 5.12. The highest BCUT2D eigenvalue weighted by Crippen LogP contribution is 2.41. The molecule has 0 atom stereocenters. The molecule has 2 aliphatic carbocycles. The first-order valence-electron chi connectivity index (χ1n) is 9.19. The molecule has 2 N–H and O–H groups in total. The first-order valence-corrected chi connectivity index (χ1v) is 9.19. The zero-order valence-electron chi connectivity index (χ0n) is 14.5. The van der Waals surface area contributed by atoms with Crippen molar-refractivity contribution in [3.05, 3.63) is 29.8 Å². The number of hydrogen-bond acceptors (Lipinski definition) is 5. The van der Waals surface area contributed by atoms with Crippen molar-refractivity contribution in [3.63, 3.8) is 0 Å². The van der Waals surface area contributed by atoms with Crippen LogP contribution >= 0.6 is 0 Å². The number of pyridine rings is 1. The SMILES string of the molecule is Nc1ncc(-c2cc(C3CCCCC3)nc(C3CC3)n2)cc1OC(F)F. The molecule has 2 aromatic heterocycles. The average Bonchev–Trinajstić information content (AvgIpc) is 3.49. The van der Waals surface area contributed by atoms with Crippen molar-refractivity contribution in [1.82, 2.24) is 15.0 Å². The molecule has 5 nitrogen and oxygen atoms in total. The molecule has 7 heteroatoms. The van der Waals surface area contributed by atoms with Crippen molar-refractivity contribution in [2.75, 3.05) is 5.73 Å². The summed E-state index contributed by atoms with van der Waals surface area (Å²) < 4.78 is 29.7. The molecule has 0 spiro atoms. The van der Waals surface area contributed by atoms with Crippen LogP contribution in [0.5, 0.6) is 5.75 Å². The highest BCUT2D eigenvalue weighted by atomic mass is 19.3. The first kappa shape index (κ1) is 17.1. The van der Waals surface area contributed by atoms with E-state index in [0.717, 1.165) is 37.2 Å². The maximum atomic E-state index is 12.6. The van der Waals surface area contributed by atoms with Gasteiger partial charge in [-0.15, -0.1) is 0 Å². The lowest BCUT2D eigenvalue weighted by molar-refractivity contribution is -0.0494. The molecule has 26 heavy (non-hydrogen) atoms. The van der Waals surface area contributed by atoms with Gasteiger partial charge in [0.15, 0.2) is 11.6 Å². The number of anilines is 1. The molecule has 0 unspecified atom stereocenters. The fraction of sp³-hybridized carbons (Fsp3) is 0.526. The molecular formula is C19H22F2N4O. The standard InChI is InChI=1S/C19H22F2N4O/c20-19(21)26-16-8-13(10-23-17(16)22)15-9-14(11-4-2-1-3-5-11)24-18(25-15)12-6-7-12/h8-12,19H,1-7H2,(H2,22,23). The number of ether oxygens (including phenoxy) is 1. The van der Waals surface area contributed by atoms with E-state index in [0.29, 0.717) is 23.1 Å². The quantitative estimate of drug-likeness (QED) is 0.840. The second kappa shape index (κ2) is 7.13. The van der Waals surface area contributed by atoms with Crippen molar-refractivity contribution in [1.29, 1.82) is 0 Å². The Morgan fingerprint density at radius 3 is 2.46 bits per heavy atom. The van der Waals surface area contributed by atoms with Gasteiger partial charge in [-0.2, -0.15) is 8.78 Å². The van der Waals surface area contributed by atoms with Crippen LogP contribution in [-0.2, 0) is 0 Å². The average molecular weight is 360 g/mol. The van der Waals surface area contributed by atoms with Crippen LogP contribution in [0.4, 0.5) is 14.6 Å². The Bertz CT molecular complexity index is 789. The van der Waals surface area contributed by atoms with Crippen LogP contribution in [0.1, 0.15) is 68.3 Å². The summed E-state index contributed by atoms with van der Waals surface area (Å²) in [5.41, 5.74) is 8.03. The summed E-state index contributed by atoms with van der Waals surface area (Å²) in [7, 11) is 0. The lowest BCUT2D eigenvalue weighted by Crippen LogP contribution is -2.10. The number of nitrogen functional groups attached to an aromatic ring is 1. The van der Waals surface area contributed by atoms with Crippen molar-refractivity contribution >= 4 is 5.82 Å². The molecule has 0 saturated heterocycles. The first-order chi connectivity index (χ1) is 12.6. The number of nitrogens with zero attached hydrogens (tertiary/aromatic N) is 3. The summed E-state index contributed by atoms with van der Waals surface area (Å²) in [6.07, 6.45) is 9.76. The largest absolute Gasteiger partial charge is 0.431 e. The minimum absolute atomic E-state index is 0.0574. The normalized spacial score (nSPS) is 18.3. The lowest BCUT2D eigenvalue weighted by Gasteiger charge is -2.22. The molecule has 2 heterocycles. The minimum Gasteiger partial charge on any atom is -0.431 e. The summed E-state index contributed by atoms with van der Waals surface area (Å²) in [6, 6.07) is 3.46. The van der Waals surface area contributed by atoms with E-state index in [1.54, 1.807) is 6.20 Å². The number of hydrogen-bond donors (Lipinski definition) is 1. The van der Waals surface area contributed by atoms with Gasteiger partial charge >= 0.3 is 6.61 Å². The van der Waals surface area contributed by atoms with Crippen LogP contribution in [0.25, 0.3) is 11.3 Å². The van der Waals surface area contributed by atoms with Gasteiger partial charge in [-0.25, -0.2) is 15.0 Å². The molecule has 0 amide bonds. The van der Waals surface area contributed by atoms with Gasteiger partial charge in [0.25, 0.3) is 0 Å². The summed E-state index contributed by atoms with van der Waals surface area (Å²) >= 11 is 0. The van der Waals surface area contributed by atoms with Crippen LogP contribution in [-0.4, -0.2) is 21.6 Å². The van der Waals surface area contributed by atoms with Gasteiger partial charge in [0.1, 0.15) is 5.82 Å². The van der Waals surface area contributed by atoms with E-state index in [1.807, 2.05) is 6.07 Å². The number of alkyl halides is 2. The van der Waals surface area contributed by atoms with Crippen molar-refractivity contribution < 1.29 is 13.5 Å². The van der Waals surface area contributed by atoms with Crippen LogP contribution < -0.4 is 10.5 Å².